The Morgan fingerprint density at radius 3 is 2.71 bits per heavy atom. The largest absolute Gasteiger partial charge is 0.386 e. The molecule has 0 saturated carbocycles. The Morgan fingerprint density at radius 2 is 2.07 bits per heavy atom. The molecule has 1 heterocycles. The zero-order valence-electron chi connectivity index (χ0n) is 7.72. The molecule has 14 heavy (non-hydrogen) atoms. The summed E-state index contributed by atoms with van der Waals surface area (Å²) in [5.41, 5.74) is 1.88. The highest BCUT2D eigenvalue weighted by molar-refractivity contribution is 5.17. The van der Waals surface area contributed by atoms with Gasteiger partial charge in [-0.05, 0) is 5.56 Å². The van der Waals surface area contributed by atoms with E-state index in [-0.39, 0.29) is 0 Å². The molecule has 1 aromatic carbocycles. The molecule has 1 unspecified atom stereocenters. The van der Waals surface area contributed by atoms with Crippen molar-refractivity contribution in [1.29, 1.82) is 0 Å². The second kappa shape index (κ2) is 4.07. The first-order chi connectivity index (χ1) is 6.86. The molecule has 2 N–H and O–H groups in total. The number of H-pyrrole nitrogens is 1. The lowest BCUT2D eigenvalue weighted by Crippen LogP contribution is -2.01. The van der Waals surface area contributed by atoms with E-state index in [1.54, 1.807) is 12.5 Å². The number of nitrogens with zero attached hydrogens (tertiary/aromatic N) is 1. The van der Waals surface area contributed by atoms with Crippen LogP contribution in [0.4, 0.5) is 0 Å². The fourth-order valence-corrected chi connectivity index (χ4v) is 1.40. The van der Waals surface area contributed by atoms with Crippen LogP contribution in [0.15, 0.2) is 42.9 Å². The molecule has 0 radical (unpaired) electrons. The summed E-state index contributed by atoms with van der Waals surface area (Å²) in [6.07, 6.45) is 3.33. The highest BCUT2D eigenvalue weighted by Gasteiger charge is 2.08. The van der Waals surface area contributed by atoms with Crippen molar-refractivity contribution < 1.29 is 5.11 Å². The van der Waals surface area contributed by atoms with Crippen molar-refractivity contribution >= 4 is 0 Å². The molecule has 0 amide bonds. The van der Waals surface area contributed by atoms with Crippen molar-refractivity contribution in [2.45, 2.75) is 12.5 Å². The Morgan fingerprint density at radius 1 is 1.29 bits per heavy atom. The quantitative estimate of drug-likeness (QED) is 0.770. The number of imidazole rings is 1. The van der Waals surface area contributed by atoms with Gasteiger partial charge >= 0.3 is 0 Å². The van der Waals surface area contributed by atoms with Crippen LogP contribution < -0.4 is 0 Å². The van der Waals surface area contributed by atoms with Gasteiger partial charge in [0.05, 0.1) is 24.3 Å². The van der Waals surface area contributed by atoms with Crippen molar-refractivity contribution in [2.24, 2.45) is 0 Å². The number of benzene rings is 1. The van der Waals surface area contributed by atoms with E-state index in [0.29, 0.717) is 6.42 Å². The van der Waals surface area contributed by atoms with E-state index in [2.05, 4.69) is 9.97 Å². The predicted octanol–water partition coefficient (Wildman–Crippen LogP) is 1.69. The maximum atomic E-state index is 9.79. The van der Waals surface area contributed by atoms with Crippen LogP contribution in [-0.2, 0) is 6.42 Å². The molecular formula is C11H12N2O. The van der Waals surface area contributed by atoms with Crippen LogP contribution >= 0.6 is 0 Å². The normalized spacial score (nSPS) is 12.6. The second-order valence-corrected chi connectivity index (χ2v) is 3.21. The summed E-state index contributed by atoms with van der Waals surface area (Å²) in [6.45, 7) is 0. The monoisotopic (exact) mass is 188 g/mol. The highest BCUT2D eigenvalue weighted by atomic mass is 16.3. The zero-order valence-corrected chi connectivity index (χ0v) is 7.72. The first-order valence-electron chi connectivity index (χ1n) is 4.56. The van der Waals surface area contributed by atoms with Crippen molar-refractivity contribution in [3.05, 3.63) is 54.1 Å². The Balaban J connectivity index is 2.06. The number of aliphatic hydroxyl groups excluding tert-OH is 1. The molecule has 2 aromatic rings. The van der Waals surface area contributed by atoms with E-state index in [1.165, 1.54) is 0 Å². The molecule has 1 aromatic heterocycles. The van der Waals surface area contributed by atoms with Crippen molar-refractivity contribution in [3.63, 3.8) is 0 Å². The average Bonchev–Trinajstić information content (AvgIpc) is 2.72. The van der Waals surface area contributed by atoms with E-state index in [9.17, 15) is 5.11 Å². The van der Waals surface area contributed by atoms with E-state index in [0.717, 1.165) is 11.3 Å². The SMILES string of the molecule is OC(Cc1ccccc1)c1cnc[nH]1. The van der Waals surface area contributed by atoms with Gasteiger partial charge in [-0.15, -0.1) is 0 Å². The van der Waals surface area contributed by atoms with Gasteiger partial charge in [-0.3, -0.25) is 0 Å². The number of nitrogens with one attached hydrogen (secondary N) is 1. The first-order valence-corrected chi connectivity index (χ1v) is 4.56. The minimum Gasteiger partial charge on any atom is -0.386 e. The smallest absolute Gasteiger partial charge is 0.0993 e. The van der Waals surface area contributed by atoms with Crippen LogP contribution in [0.5, 0.6) is 0 Å². The summed E-state index contributed by atoms with van der Waals surface area (Å²) < 4.78 is 0. The summed E-state index contributed by atoms with van der Waals surface area (Å²) >= 11 is 0. The van der Waals surface area contributed by atoms with Gasteiger partial charge in [0.2, 0.25) is 0 Å². The summed E-state index contributed by atoms with van der Waals surface area (Å²) in [5, 5.41) is 9.79. The number of aliphatic hydroxyl groups is 1. The summed E-state index contributed by atoms with van der Waals surface area (Å²) in [6, 6.07) is 9.90. The topological polar surface area (TPSA) is 48.9 Å². The van der Waals surface area contributed by atoms with Crippen LogP contribution in [0, 0.1) is 0 Å². The molecule has 0 spiro atoms. The number of rotatable bonds is 3. The van der Waals surface area contributed by atoms with Gasteiger partial charge in [0.1, 0.15) is 0 Å². The van der Waals surface area contributed by atoms with E-state index in [1.807, 2.05) is 30.3 Å². The fraction of sp³-hybridized carbons (Fsp3) is 0.182. The van der Waals surface area contributed by atoms with E-state index < -0.39 is 6.10 Å². The molecule has 2 rings (SSSR count). The van der Waals surface area contributed by atoms with E-state index in [4.69, 9.17) is 0 Å². The van der Waals surface area contributed by atoms with Gasteiger partial charge in [0.25, 0.3) is 0 Å². The third-order valence-corrected chi connectivity index (χ3v) is 2.15. The molecule has 72 valence electrons. The third kappa shape index (κ3) is 2.00. The predicted molar refractivity (Wildman–Crippen MR) is 53.7 cm³/mol. The number of aromatic amines is 1. The maximum absolute atomic E-state index is 9.79. The van der Waals surface area contributed by atoms with Gasteiger partial charge in [-0.2, -0.15) is 0 Å². The summed E-state index contributed by atoms with van der Waals surface area (Å²) in [5.74, 6) is 0. The lowest BCUT2D eigenvalue weighted by molar-refractivity contribution is 0.174. The van der Waals surface area contributed by atoms with Crippen LogP contribution in [0.2, 0.25) is 0 Å². The molecule has 0 bridgehead atoms. The molecule has 0 saturated heterocycles. The van der Waals surface area contributed by atoms with Gasteiger partial charge in [0, 0.05) is 6.42 Å². The summed E-state index contributed by atoms with van der Waals surface area (Å²) in [4.78, 5) is 6.77. The summed E-state index contributed by atoms with van der Waals surface area (Å²) in [7, 11) is 0. The van der Waals surface area contributed by atoms with Crippen molar-refractivity contribution in [3.8, 4) is 0 Å². The molecular weight excluding hydrogens is 176 g/mol. The van der Waals surface area contributed by atoms with Crippen molar-refractivity contribution in [1.82, 2.24) is 9.97 Å². The van der Waals surface area contributed by atoms with Gasteiger partial charge < -0.3 is 10.1 Å². The van der Waals surface area contributed by atoms with Crippen LogP contribution in [0.3, 0.4) is 0 Å². The number of hydrogen-bond donors (Lipinski definition) is 2. The molecule has 0 aliphatic rings. The molecule has 0 fully saturated rings. The lowest BCUT2D eigenvalue weighted by Gasteiger charge is -2.07. The Bertz CT molecular complexity index is 369. The van der Waals surface area contributed by atoms with Crippen molar-refractivity contribution in [2.75, 3.05) is 0 Å². The number of aromatic nitrogens is 2. The van der Waals surface area contributed by atoms with Crippen LogP contribution in [-0.4, -0.2) is 15.1 Å². The molecule has 0 aliphatic heterocycles. The van der Waals surface area contributed by atoms with E-state index >= 15 is 0 Å². The molecule has 3 heteroatoms. The molecule has 0 aliphatic carbocycles. The lowest BCUT2D eigenvalue weighted by atomic mass is 10.1. The standard InChI is InChI=1S/C11H12N2O/c14-11(10-7-12-8-13-10)6-9-4-2-1-3-5-9/h1-5,7-8,11,14H,6H2,(H,12,13). The average molecular weight is 188 g/mol. The highest BCUT2D eigenvalue weighted by Crippen LogP contribution is 2.14. The Hall–Kier alpha value is -1.61. The van der Waals surface area contributed by atoms with Crippen LogP contribution in [0.1, 0.15) is 17.4 Å². The molecule has 1 atom stereocenters. The minimum atomic E-state index is -0.500. The fourth-order valence-electron chi connectivity index (χ4n) is 1.40. The number of hydrogen-bond acceptors (Lipinski definition) is 2. The second-order valence-electron chi connectivity index (χ2n) is 3.21. The first kappa shape index (κ1) is 8.97. The van der Waals surface area contributed by atoms with Gasteiger partial charge in [0.15, 0.2) is 0 Å². The Kier molecular flexibility index (Phi) is 2.60. The maximum Gasteiger partial charge on any atom is 0.0993 e. The zero-order chi connectivity index (χ0) is 9.80. The van der Waals surface area contributed by atoms with Gasteiger partial charge in [-0.1, -0.05) is 30.3 Å². The molecule has 3 nitrogen and oxygen atoms in total. The van der Waals surface area contributed by atoms with Gasteiger partial charge in [-0.25, -0.2) is 4.98 Å². The minimum absolute atomic E-state index is 0.500. The Labute approximate surface area is 82.4 Å². The third-order valence-electron chi connectivity index (χ3n) is 2.15. The van der Waals surface area contributed by atoms with Crippen LogP contribution in [0.25, 0.3) is 0 Å².